The van der Waals surface area contributed by atoms with Gasteiger partial charge in [-0.05, 0) is 45.3 Å². The Kier molecular flexibility index (Phi) is 5.67. The van der Waals surface area contributed by atoms with Gasteiger partial charge in [-0.1, -0.05) is 27.7 Å². The number of nitrogens with zero attached hydrogens (tertiary/aromatic N) is 1. The Morgan fingerprint density at radius 1 is 1.26 bits per heavy atom. The summed E-state index contributed by atoms with van der Waals surface area (Å²) in [5.74, 6) is 0. The standard InChI is InChI=1S/C17H35NO4Si/c1-15(2,3)21-14(20)18-11-10-17(7,12-19)13(18)22-23(8,9)16(4,5)6/h13,19H,10-12H2,1-9H3. The van der Waals surface area contributed by atoms with E-state index in [4.69, 9.17) is 9.16 Å². The van der Waals surface area contributed by atoms with Gasteiger partial charge in [0.25, 0.3) is 0 Å². The molecule has 1 heterocycles. The highest BCUT2D eigenvalue weighted by Gasteiger charge is 2.52. The summed E-state index contributed by atoms with van der Waals surface area (Å²) in [4.78, 5) is 14.2. The third-order valence-electron chi connectivity index (χ3n) is 5.00. The smallest absolute Gasteiger partial charge is 0.412 e. The second-order valence-corrected chi connectivity index (χ2v) is 14.2. The molecule has 0 aromatic rings. The van der Waals surface area contributed by atoms with Crippen molar-refractivity contribution in [3.8, 4) is 0 Å². The zero-order valence-corrected chi connectivity index (χ0v) is 17.3. The van der Waals surface area contributed by atoms with Crippen LogP contribution in [0, 0.1) is 5.41 Å². The van der Waals surface area contributed by atoms with Crippen LogP contribution in [0.5, 0.6) is 0 Å². The molecule has 1 N–H and O–H groups in total. The van der Waals surface area contributed by atoms with Gasteiger partial charge in [0.15, 0.2) is 8.32 Å². The zero-order valence-electron chi connectivity index (χ0n) is 16.3. The Balaban J connectivity index is 3.06. The molecular formula is C17H35NO4Si. The topological polar surface area (TPSA) is 59.0 Å². The number of rotatable bonds is 3. The summed E-state index contributed by atoms with van der Waals surface area (Å²) in [6, 6.07) is 0. The summed E-state index contributed by atoms with van der Waals surface area (Å²) in [6.45, 7) is 18.9. The van der Waals surface area contributed by atoms with Gasteiger partial charge < -0.3 is 14.3 Å². The van der Waals surface area contributed by atoms with Crippen LogP contribution in [0.2, 0.25) is 18.1 Å². The molecule has 136 valence electrons. The van der Waals surface area contributed by atoms with Gasteiger partial charge in [0.1, 0.15) is 11.8 Å². The van der Waals surface area contributed by atoms with Crippen molar-refractivity contribution >= 4 is 14.4 Å². The van der Waals surface area contributed by atoms with E-state index in [1.807, 2.05) is 27.7 Å². The van der Waals surface area contributed by atoms with Crippen molar-refractivity contribution in [1.29, 1.82) is 0 Å². The van der Waals surface area contributed by atoms with Gasteiger partial charge in [-0.15, -0.1) is 0 Å². The lowest BCUT2D eigenvalue weighted by molar-refractivity contribution is -0.0548. The lowest BCUT2D eigenvalue weighted by Crippen LogP contribution is -2.54. The van der Waals surface area contributed by atoms with Crippen molar-refractivity contribution in [2.24, 2.45) is 5.41 Å². The van der Waals surface area contributed by atoms with Crippen molar-refractivity contribution < 1.29 is 19.1 Å². The fourth-order valence-electron chi connectivity index (χ4n) is 2.32. The Labute approximate surface area is 142 Å². The van der Waals surface area contributed by atoms with E-state index in [9.17, 15) is 9.90 Å². The van der Waals surface area contributed by atoms with Crippen LogP contribution in [-0.2, 0) is 9.16 Å². The van der Waals surface area contributed by atoms with Crippen LogP contribution in [0.3, 0.4) is 0 Å². The highest BCUT2D eigenvalue weighted by atomic mass is 28.4. The number of aliphatic hydroxyl groups excluding tert-OH is 1. The number of hydrogen-bond donors (Lipinski definition) is 1. The lowest BCUT2D eigenvalue weighted by atomic mass is 9.89. The maximum Gasteiger partial charge on any atom is 0.412 e. The second-order valence-electron chi connectivity index (χ2n) is 9.47. The molecule has 23 heavy (non-hydrogen) atoms. The van der Waals surface area contributed by atoms with E-state index in [2.05, 4.69) is 33.9 Å². The molecule has 0 bridgehead atoms. The van der Waals surface area contributed by atoms with E-state index < -0.39 is 25.6 Å². The Bertz CT molecular complexity index is 439. The first-order valence-electron chi connectivity index (χ1n) is 8.41. The average Bonchev–Trinajstić information content (AvgIpc) is 2.64. The maximum atomic E-state index is 12.6. The van der Waals surface area contributed by atoms with Gasteiger partial charge in [0.05, 0.1) is 6.61 Å². The molecule has 5 nitrogen and oxygen atoms in total. The molecule has 0 aromatic carbocycles. The number of hydrogen-bond acceptors (Lipinski definition) is 4. The molecule has 1 fully saturated rings. The molecule has 1 aliphatic heterocycles. The fraction of sp³-hybridized carbons (Fsp3) is 0.941. The van der Waals surface area contributed by atoms with Crippen molar-refractivity contribution in [1.82, 2.24) is 4.90 Å². The molecule has 2 atom stereocenters. The quantitative estimate of drug-likeness (QED) is 0.786. The molecule has 1 aliphatic rings. The minimum Gasteiger partial charge on any atom is -0.444 e. The molecule has 0 aliphatic carbocycles. The molecule has 1 rings (SSSR count). The van der Waals surface area contributed by atoms with E-state index in [1.54, 1.807) is 4.90 Å². The van der Waals surface area contributed by atoms with Crippen LogP contribution in [0.4, 0.5) is 4.79 Å². The van der Waals surface area contributed by atoms with Crippen molar-refractivity contribution in [2.75, 3.05) is 13.2 Å². The molecule has 0 radical (unpaired) electrons. The zero-order chi connectivity index (χ0) is 18.3. The maximum absolute atomic E-state index is 12.6. The summed E-state index contributed by atoms with van der Waals surface area (Å²) in [5.41, 5.74) is -0.997. The van der Waals surface area contributed by atoms with Crippen LogP contribution in [0.15, 0.2) is 0 Å². The summed E-state index contributed by atoms with van der Waals surface area (Å²) in [6.07, 6.45) is -0.0937. The van der Waals surface area contributed by atoms with Crippen molar-refractivity contribution in [2.45, 2.75) is 84.8 Å². The van der Waals surface area contributed by atoms with Gasteiger partial charge in [-0.2, -0.15) is 0 Å². The molecule has 0 saturated carbocycles. The second kappa shape index (κ2) is 6.37. The van der Waals surface area contributed by atoms with Crippen LogP contribution in [0.1, 0.15) is 54.9 Å². The van der Waals surface area contributed by atoms with E-state index >= 15 is 0 Å². The third-order valence-corrected chi connectivity index (χ3v) is 9.43. The first-order valence-corrected chi connectivity index (χ1v) is 11.3. The predicted octanol–water partition coefficient (Wildman–Crippen LogP) is 3.97. The molecule has 1 amide bonds. The fourth-order valence-corrected chi connectivity index (χ4v) is 3.64. The molecule has 0 aromatic heterocycles. The monoisotopic (exact) mass is 345 g/mol. The van der Waals surface area contributed by atoms with E-state index in [0.717, 1.165) is 0 Å². The van der Waals surface area contributed by atoms with Gasteiger partial charge in [-0.25, -0.2) is 4.79 Å². The van der Waals surface area contributed by atoms with Crippen molar-refractivity contribution in [3.05, 3.63) is 0 Å². The van der Waals surface area contributed by atoms with Gasteiger partial charge >= 0.3 is 6.09 Å². The first kappa shape index (κ1) is 20.5. The number of amides is 1. The average molecular weight is 346 g/mol. The number of carbonyl (C=O) groups excluding carboxylic acids is 1. The Morgan fingerprint density at radius 3 is 2.17 bits per heavy atom. The van der Waals surface area contributed by atoms with E-state index in [0.29, 0.717) is 13.0 Å². The predicted molar refractivity (Wildman–Crippen MR) is 94.8 cm³/mol. The summed E-state index contributed by atoms with van der Waals surface area (Å²) in [7, 11) is -2.08. The number of ether oxygens (including phenoxy) is 1. The summed E-state index contributed by atoms with van der Waals surface area (Å²) < 4.78 is 12.1. The Morgan fingerprint density at radius 2 is 1.78 bits per heavy atom. The molecule has 1 saturated heterocycles. The van der Waals surface area contributed by atoms with Gasteiger partial charge in [-0.3, -0.25) is 4.90 Å². The molecule has 6 heteroatoms. The van der Waals surface area contributed by atoms with Gasteiger partial charge in [0.2, 0.25) is 0 Å². The number of carbonyl (C=O) groups is 1. The lowest BCUT2D eigenvalue weighted by Gasteiger charge is -2.44. The van der Waals surface area contributed by atoms with E-state index in [-0.39, 0.29) is 17.7 Å². The Hall–Kier alpha value is -0.593. The molecule has 0 spiro atoms. The number of likely N-dealkylation sites (tertiary alicyclic amines) is 1. The van der Waals surface area contributed by atoms with E-state index in [1.165, 1.54) is 0 Å². The molecular weight excluding hydrogens is 310 g/mol. The van der Waals surface area contributed by atoms with Gasteiger partial charge in [0, 0.05) is 12.0 Å². The molecule has 2 unspecified atom stereocenters. The third kappa shape index (κ3) is 4.70. The minimum atomic E-state index is -2.08. The van der Waals surface area contributed by atoms with Crippen molar-refractivity contribution in [3.63, 3.8) is 0 Å². The highest BCUT2D eigenvalue weighted by Crippen LogP contribution is 2.44. The minimum absolute atomic E-state index is 0.00835. The normalized spacial score (nSPS) is 26.5. The first-order chi connectivity index (χ1) is 10.1. The van der Waals surface area contributed by atoms with Crippen LogP contribution in [0.25, 0.3) is 0 Å². The largest absolute Gasteiger partial charge is 0.444 e. The van der Waals surface area contributed by atoms with Crippen LogP contribution >= 0.6 is 0 Å². The summed E-state index contributed by atoms with van der Waals surface area (Å²) >= 11 is 0. The summed E-state index contributed by atoms with van der Waals surface area (Å²) in [5, 5.41) is 9.92. The highest BCUT2D eigenvalue weighted by molar-refractivity contribution is 6.74. The van der Waals surface area contributed by atoms with Crippen LogP contribution < -0.4 is 0 Å². The van der Waals surface area contributed by atoms with Crippen LogP contribution in [-0.4, -0.2) is 49.4 Å². The number of aliphatic hydroxyl groups is 1. The SMILES string of the molecule is CC(C)(C)OC(=O)N1CCC(C)(CO)C1O[Si](C)(C)C(C)(C)C.